The predicted octanol–water partition coefficient (Wildman–Crippen LogP) is 11.3. The van der Waals surface area contributed by atoms with E-state index in [0.717, 1.165) is 41.3 Å². The molecule has 204 valence electrons. The van der Waals surface area contributed by atoms with Crippen molar-refractivity contribution in [3.05, 3.63) is 0 Å². The fourth-order valence-corrected chi connectivity index (χ4v) is 5.14. The molecule has 2 heteroatoms. The molecule has 1 N–H and O–H groups in total. The monoisotopic (exact) mass is 534 g/mol. The molecular weight excluding hydrogens is 468 g/mol. The highest BCUT2D eigenvalue weighted by molar-refractivity contribution is 9.09. The summed E-state index contributed by atoms with van der Waals surface area (Å²) in [5.41, 5.74) is 0. The smallest absolute Gasteiger partial charge is 0.0433 e. The first kappa shape index (κ1) is 38.0. The van der Waals surface area contributed by atoms with Gasteiger partial charge in [-0.2, -0.15) is 0 Å². The first-order valence-corrected chi connectivity index (χ1v) is 15.4. The van der Waals surface area contributed by atoms with Gasteiger partial charge in [0.1, 0.15) is 0 Å². The van der Waals surface area contributed by atoms with Gasteiger partial charge in [0, 0.05) is 11.9 Å². The second-order valence-corrected chi connectivity index (χ2v) is 12.7. The molecule has 33 heavy (non-hydrogen) atoms. The molecule has 4 unspecified atom stereocenters. The number of halogens is 1. The van der Waals surface area contributed by atoms with Crippen molar-refractivity contribution in [3.8, 4) is 0 Å². The summed E-state index contributed by atoms with van der Waals surface area (Å²) in [4.78, 5) is 0. The normalized spacial score (nSPS) is 14.9. The molecule has 0 saturated carbocycles. The van der Waals surface area contributed by atoms with E-state index in [0.29, 0.717) is 12.5 Å². The van der Waals surface area contributed by atoms with Crippen LogP contribution in [0.15, 0.2) is 0 Å². The van der Waals surface area contributed by atoms with E-state index < -0.39 is 0 Å². The molecule has 0 fully saturated rings. The Labute approximate surface area is 220 Å². The van der Waals surface area contributed by atoms with E-state index in [1.165, 1.54) is 83.5 Å². The lowest BCUT2D eigenvalue weighted by Gasteiger charge is -2.14. The zero-order valence-electron chi connectivity index (χ0n) is 23.6. The highest BCUT2D eigenvalue weighted by Gasteiger charge is 2.07. The second-order valence-electron chi connectivity index (χ2n) is 11.9. The molecule has 0 aliphatic rings. The number of aliphatic hydroxyl groups excluding tert-OH is 1. The summed E-state index contributed by atoms with van der Waals surface area (Å²) in [5, 5.41) is 9.98. The molecule has 1 nitrogen and oxygen atoms in total. The lowest BCUT2D eigenvalue weighted by molar-refractivity contribution is 0.255. The third kappa shape index (κ3) is 32.4. The Balaban J connectivity index is -0.000000529. The maximum atomic E-state index is 8.81. The molecule has 0 aromatic heterocycles. The Kier molecular flexibility index (Phi) is 31.1. The van der Waals surface area contributed by atoms with E-state index in [1.54, 1.807) is 0 Å². The van der Waals surface area contributed by atoms with Crippen molar-refractivity contribution in [3.63, 3.8) is 0 Å². The van der Waals surface area contributed by atoms with Gasteiger partial charge in [-0.3, -0.25) is 0 Å². The molecular formula is C31H67BrO. The van der Waals surface area contributed by atoms with Crippen LogP contribution in [0.25, 0.3) is 0 Å². The van der Waals surface area contributed by atoms with Crippen molar-refractivity contribution in [2.75, 3.05) is 11.9 Å². The summed E-state index contributed by atoms with van der Waals surface area (Å²) in [6, 6.07) is 0. The SMILES string of the molecule is C.CC(C)CCCC(C)CCCC(C)CCBr.CC(C)CCCC(C)CCCC(C)CCO. The molecule has 0 bridgehead atoms. The summed E-state index contributed by atoms with van der Waals surface area (Å²) in [7, 11) is 0. The van der Waals surface area contributed by atoms with E-state index in [2.05, 4.69) is 71.3 Å². The predicted molar refractivity (Wildman–Crippen MR) is 159 cm³/mol. The van der Waals surface area contributed by atoms with E-state index in [1.807, 2.05) is 0 Å². The average molecular weight is 536 g/mol. The minimum atomic E-state index is 0. The molecule has 0 aromatic carbocycles. The molecule has 0 rings (SSSR count). The Morgan fingerprint density at radius 2 is 0.727 bits per heavy atom. The topological polar surface area (TPSA) is 20.2 Å². The van der Waals surface area contributed by atoms with Crippen LogP contribution >= 0.6 is 15.9 Å². The van der Waals surface area contributed by atoms with Gasteiger partial charge in [0.05, 0.1) is 0 Å². The van der Waals surface area contributed by atoms with Gasteiger partial charge in [-0.1, -0.05) is 156 Å². The standard InChI is InChI=1S/C15H31Br.C15H32O.CH4/c2*1-13(2)7-5-8-14(3)9-6-10-15(4)11-12-16;/h13-15H,5-12H2,1-4H3;13-16H,5-12H2,1-4H3;1H4. The van der Waals surface area contributed by atoms with Crippen LogP contribution in [0.1, 0.15) is 153 Å². The molecule has 0 radical (unpaired) electrons. The van der Waals surface area contributed by atoms with E-state index in [-0.39, 0.29) is 7.43 Å². The van der Waals surface area contributed by atoms with E-state index in [9.17, 15) is 0 Å². The number of alkyl halides is 1. The fraction of sp³-hybridized carbons (Fsp3) is 1.00. The first-order chi connectivity index (χ1) is 15.1. The van der Waals surface area contributed by atoms with Crippen molar-refractivity contribution in [2.45, 2.75) is 153 Å². The quantitative estimate of drug-likeness (QED) is 0.154. The molecule has 0 spiro atoms. The van der Waals surface area contributed by atoms with Gasteiger partial charge in [0.25, 0.3) is 0 Å². The summed E-state index contributed by atoms with van der Waals surface area (Å²) in [6.07, 6.45) is 19.0. The van der Waals surface area contributed by atoms with Gasteiger partial charge in [-0.25, -0.2) is 0 Å². The van der Waals surface area contributed by atoms with Gasteiger partial charge in [0.2, 0.25) is 0 Å². The van der Waals surface area contributed by atoms with Crippen LogP contribution in [-0.2, 0) is 0 Å². The second kappa shape index (κ2) is 27.0. The minimum Gasteiger partial charge on any atom is -0.396 e. The maximum Gasteiger partial charge on any atom is 0.0433 e. The molecule has 4 atom stereocenters. The van der Waals surface area contributed by atoms with Crippen LogP contribution in [0, 0.1) is 35.5 Å². The Hall–Kier alpha value is 0.440. The van der Waals surface area contributed by atoms with E-state index >= 15 is 0 Å². The third-order valence-electron chi connectivity index (χ3n) is 6.97. The molecule has 0 aromatic rings. The Morgan fingerprint density at radius 3 is 1.00 bits per heavy atom. The highest BCUT2D eigenvalue weighted by Crippen LogP contribution is 2.21. The lowest BCUT2D eigenvalue weighted by Crippen LogP contribution is -2.01. The van der Waals surface area contributed by atoms with E-state index in [4.69, 9.17) is 5.11 Å². The number of aliphatic hydroxyl groups is 1. The third-order valence-corrected chi connectivity index (χ3v) is 7.43. The van der Waals surface area contributed by atoms with Crippen LogP contribution in [0.4, 0.5) is 0 Å². The van der Waals surface area contributed by atoms with Gasteiger partial charge in [-0.05, 0) is 48.3 Å². The Morgan fingerprint density at radius 1 is 0.455 bits per heavy atom. The van der Waals surface area contributed by atoms with Crippen LogP contribution in [0.5, 0.6) is 0 Å². The maximum absolute atomic E-state index is 8.81. The number of hydrogen-bond acceptors (Lipinski definition) is 1. The largest absolute Gasteiger partial charge is 0.396 e. The van der Waals surface area contributed by atoms with Crippen molar-refractivity contribution in [1.82, 2.24) is 0 Å². The van der Waals surface area contributed by atoms with Crippen LogP contribution in [0.2, 0.25) is 0 Å². The summed E-state index contributed by atoms with van der Waals surface area (Å²) >= 11 is 3.52. The minimum absolute atomic E-state index is 0. The highest BCUT2D eigenvalue weighted by atomic mass is 79.9. The zero-order chi connectivity index (χ0) is 24.8. The summed E-state index contributed by atoms with van der Waals surface area (Å²) < 4.78 is 0. The van der Waals surface area contributed by atoms with Crippen LogP contribution < -0.4 is 0 Å². The summed E-state index contributed by atoms with van der Waals surface area (Å²) in [5.74, 6) is 5.17. The molecule has 0 aliphatic carbocycles. The molecule has 0 amide bonds. The van der Waals surface area contributed by atoms with Gasteiger partial charge < -0.3 is 5.11 Å². The zero-order valence-corrected chi connectivity index (χ0v) is 25.2. The number of rotatable bonds is 20. The molecule has 0 heterocycles. The van der Waals surface area contributed by atoms with Crippen LogP contribution in [0.3, 0.4) is 0 Å². The van der Waals surface area contributed by atoms with Gasteiger partial charge in [0.15, 0.2) is 0 Å². The lowest BCUT2D eigenvalue weighted by atomic mass is 9.93. The van der Waals surface area contributed by atoms with Gasteiger partial charge in [-0.15, -0.1) is 0 Å². The van der Waals surface area contributed by atoms with Gasteiger partial charge >= 0.3 is 0 Å². The van der Waals surface area contributed by atoms with Crippen molar-refractivity contribution < 1.29 is 5.11 Å². The van der Waals surface area contributed by atoms with Crippen molar-refractivity contribution in [2.24, 2.45) is 35.5 Å². The summed E-state index contributed by atoms with van der Waals surface area (Å²) in [6.45, 7) is 19.1. The first-order valence-electron chi connectivity index (χ1n) is 14.3. The Bertz CT molecular complexity index is 321. The number of hydrogen-bond donors (Lipinski definition) is 1. The fourth-order valence-electron chi connectivity index (χ4n) is 4.36. The molecule has 0 saturated heterocycles. The average Bonchev–Trinajstić information content (AvgIpc) is 2.68. The van der Waals surface area contributed by atoms with Crippen molar-refractivity contribution >= 4 is 15.9 Å². The molecule has 0 aliphatic heterocycles. The van der Waals surface area contributed by atoms with Crippen molar-refractivity contribution in [1.29, 1.82) is 0 Å². The van der Waals surface area contributed by atoms with Crippen LogP contribution in [-0.4, -0.2) is 17.0 Å².